The topological polar surface area (TPSA) is 60.5 Å². The van der Waals surface area contributed by atoms with Gasteiger partial charge in [0.15, 0.2) is 0 Å². The molecule has 1 fully saturated rings. The van der Waals surface area contributed by atoms with Crippen molar-refractivity contribution >= 4 is 5.91 Å². The second-order valence-electron chi connectivity index (χ2n) is 6.46. The fourth-order valence-electron chi connectivity index (χ4n) is 3.49. The SMILES string of the molecule is COc1ccc(-n2c(C)cc(C(=O)N3CCC(CN)C3)c2C)cc1. The third-order valence-electron chi connectivity index (χ3n) is 4.90. The van der Waals surface area contributed by atoms with Gasteiger partial charge in [-0.25, -0.2) is 0 Å². The average molecular weight is 327 g/mol. The van der Waals surface area contributed by atoms with Gasteiger partial charge < -0.3 is 19.9 Å². The van der Waals surface area contributed by atoms with E-state index in [9.17, 15) is 4.79 Å². The summed E-state index contributed by atoms with van der Waals surface area (Å²) < 4.78 is 7.33. The van der Waals surface area contributed by atoms with Gasteiger partial charge in [-0.1, -0.05) is 0 Å². The van der Waals surface area contributed by atoms with Gasteiger partial charge in [-0.15, -0.1) is 0 Å². The number of aryl methyl sites for hydroxylation is 1. The molecule has 1 atom stereocenters. The molecule has 1 saturated heterocycles. The largest absolute Gasteiger partial charge is 0.497 e. The van der Waals surface area contributed by atoms with Crippen molar-refractivity contribution in [2.24, 2.45) is 11.7 Å². The molecule has 1 aliphatic heterocycles. The molecule has 3 rings (SSSR count). The Labute approximate surface area is 143 Å². The number of amides is 1. The van der Waals surface area contributed by atoms with Crippen LogP contribution in [0.25, 0.3) is 5.69 Å². The number of rotatable bonds is 4. The summed E-state index contributed by atoms with van der Waals surface area (Å²) >= 11 is 0. The molecule has 0 saturated carbocycles. The maximum Gasteiger partial charge on any atom is 0.255 e. The van der Waals surface area contributed by atoms with Gasteiger partial charge in [-0.2, -0.15) is 0 Å². The number of nitrogens with zero attached hydrogens (tertiary/aromatic N) is 2. The van der Waals surface area contributed by atoms with E-state index in [1.54, 1.807) is 7.11 Å². The molecule has 1 aromatic carbocycles. The van der Waals surface area contributed by atoms with Crippen molar-refractivity contribution in [3.63, 3.8) is 0 Å². The first-order valence-corrected chi connectivity index (χ1v) is 8.38. The molecule has 1 aliphatic rings. The average Bonchev–Trinajstić information content (AvgIpc) is 3.19. The lowest BCUT2D eigenvalue weighted by Gasteiger charge is -2.16. The standard InChI is InChI=1S/C19H25N3O2/c1-13-10-18(19(23)21-9-8-15(11-20)12-21)14(2)22(13)16-4-6-17(24-3)7-5-16/h4-7,10,15H,8-9,11-12,20H2,1-3H3. The van der Waals surface area contributed by atoms with Crippen LogP contribution in [0.2, 0.25) is 0 Å². The summed E-state index contributed by atoms with van der Waals surface area (Å²) in [5, 5.41) is 0. The number of aromatic nitrogens is 1. The predicted octanol–water partition coefficient (Wildman–Crippen LogP) is 2.52. The molecule has 24 heavy (non-hydrogen) atoms. The highest BCUT2D eigenvalue weighted by Gasteiger charge is 2.28. The van der Waals surface area contributed by atoms with E-state index in [4.69, 9.17) is 10.5 Å². The van der Waals surface area contributed by atoms with Crippen molar-refractivity contribution < 1.29 is 9.53 Å². The van der Waals surface area contributed by atoms with E-state index in [2.05, 4.69) is 4.57 Å². The van der Waals surface area contributed by atoms with Crippen molar-refractivity contribution in [3.8, 4) is 11.4 Å². The Morgan fingerprint density at radius 2 is 2.00 bits per heavy atom. The Bertz CT molecular complexity index is 734. The molecule has 0 aliphatic carbocycles. The highest BCUT2D eigenvalue weighted by atomic mass is 16.5. The maximum absolute atomic E-state index is 12.9. The van der Waals surface area contributed by atoms with Gasteiger partial charge in [-0.3, -0.25) is 4.79 Å². The maximum atomic E-state index is 12.9. The molecule has 5 heteroatoms. The van der Waals surface area contributed by atoms with Crippen LogP contribution < -0.4 is 10.5 Å². The van der Waals surface area contributed by atoms with Crippen molar-refractivity contribution in [1.29, 1.82) is 0 Å². The van der Waals surface area contributed by atoms with Gasteiger partial charge in [0.25, 0.3) is 5.91 Å². The first kappa shape index (κ1) is 16.6. The molecule has 1 aromatic heterocycles. The van der Waals surface area contributed by atoms with Crippen molar-refractivity contribution in [3.05, 3.63) is 47.3 Å². The summed E-state index contributed by atoms with van der Waals surface area (Å²) in [6.45, 7) is 6.24. The first-order valence-electron chi connectivity index (χ1n) is 8.38. The zero-order chi connectivity index (χ0) is 17.3. The lowest BCUT2D eigenvalue weighted by Crippen LogP contribution is -2.30. The molecule has 2 aromatic rings. The van der Waals surface area contributed by atoms with Crippen LogP contribution in [0.3, 0.4) is 0 Å². The van der Waals surface area contributed by atoms with Crippen LogP contribution in [0.4, 0.5) is 0 Å². The van der Waals surface area contributed by atoms with Crippen molar-refractivity contribution in [1.82, 2.24) is 9.47 Å². The van der Waals surface area contributed by atoms with E-state index in [1.807, 2.05) is 49.1 Å². The molecule has 0 bridgehead atoms. The fourth-order valence-corrected chi connectivity index (χ4v) is 3.49. The molecule has 1 amide bonds. The van der Waals surface area contributed by atoms with Crippen LogP contribution in [-0.4, -0.2) is 42.1 Å². The summed E-state index contributed by atoms with van der Waals surface area (Å²) in [6, 6.07) is 9.86. The van der Waals surface area contributed by atoms with Gasteiger partial charge in [-0.05, 0) is 63.1 Å². The molecule has 2 N–H and O–H groups in total. The number of methoxy groups -OCH3 is 1. The van der Waals surface area contributed by atoms with E-state index in [0.717, 1.165) is 47.9 Å². The minimum atomic E-state index is 0.110. The lowest BCUT2D eigenvalue weighted by molar-refractivity contribution is 0.0787. The molecular weight excluding hydrogens is 302 g/mol. The highest BCUT2D eigenvalue weighted by molar-refractivity contribution is 5.96. The summed E-state index contributed by atoms with van der Waals surface area (Å²) in [4.78, 5) is 14.8. The van der Waals surface area contributed by atoms with Crippen LogP contribution >= 0.6 is 0 Å². The molecule has 0 radical (unpaired) electrons. The molecule has 0 spiro atoms. The highest BCUT2D eigenvalue weighted by Crippen LogP contribution is 2.25. The van der Waals surface area contributed by atoms with E-state index in [1.165, 1.54) is 0 Å². The number of hydrogen-bond donors (Lipinski definition) is 1. The smallest absolute Gasteiger partial charge is 0.255 e. The summed E-state index contributed by atoms with van der Waals surface area (Å²) in [5.74, 6) is 1.36. The zero-order valence-corrected chi connectivity index (χ0v) is 14.6. The van der Waals surface area contributed by atoms with Crippen molar-refractivity contribution in [2.45, 2.75) is 20.3 Å². The number of nitrogens with two attached hydrogens (primary N) is 1. The molecule has 5 nitrogen and oxygen atoms in total. The van der Waals surface area contributed by atoms with Crippen LogP contribution in [0.1, 0.15) is 28.2 Å². The number of benzene rings is 1. The Hall–Kier alpha value is -2.27. The van der Waals surface area contributed by atoms with Crippen LogP contribution in [-0.2, 0) is 0 Å². The summed E-state index contributed by atoms with van der Waals surface area (Å²) in [5.41, 5.74) is 9.58. The van der Waals surface area contributed by atoms with Gasteiger partial charge in [0.2, 0.25) is 0 Å². The number of ether oxygens (including phenoxy) is 1. The van der Waals surface area contributed by atoms with E-state index in [-0.39, 0.29) is 5.91 Å². The van der Waals surface area contributed by atoms with Gasteiger partial charge in [0.05, 0.1) is 12.7 Å². The second kappa shape index (κ2) is 6.69. The minimum Gasteiger partial charge on any atom is -0.497 e. The van der Waals surface area contributed by atoms with Crippen LogP contribution in [0.15, 0.2) is 30.3 Å². The lowest BCUT2D eigenvalue weighted by atomic mass is 10.1. The van der Waals surface area contributed by atoms with Gasteiger partial charge >= 0.3 is 0 Å². The normalized spacial score (nSPS) is 17.3. The quantitative estimate of drug-likeness (QED) is 0.939. The Kier molecular flexibility index (Phi) is 4.62. The van der Waals surface area contributed by atoms with Crippen LogP contribution in [0, 0.1) is 19.8 Å². The Morgan fingerprint density at radius 3 is 2.58 bits per heavy atom. The predicted molar refractivity (Wildman–Crippen MR) is 94.9 cm³/mol. The number of carbonyl (C=O) groups excluding carboxylic acids is 1. The third-order valence-corrected chi connectivity index (χ3v) is 4.90. The third kappa shape index (κ3) is 2.91. The monoisotopic (exact) mass is 327 g/mol. The first-order chi connectivity index (χ1) is 11.5. The van der Waals surface area contributed by atoms with Gasteiger partial charge in [0, 0.05) is 30.2 Å². The molecule has 1 unspecified atom stereocenters. The number of hydrogen-bond acceptors (Lipinski definition) is 3. The molecule has 128 valence electrons. The molecule has 2 heterocycles. The van der Waals surface area contributed by atoms with E-state index in [0.29, 0.717) is 12.5 Å². The zero-order valence-electron chi connectivity index (χ0n) is 14.6. The van der Waals surface area contributed by atoms with Crippen LogP contribution in [0.5, 0.6) is 5.75 Å². The summed E-state index contributed by atoms with van der Waals surface area (Å²) in [6.07, 6.45) is 0.999. The van der Waals surface area contributed by atoms with E-state index >= 15 is 0 Å². The second-order valence-corrected chi connectivity index (χ2v) is 6.46. The number of carbonyl (C=O) groups is 1. The Morgan fingerprint density at radius 1 is 1.29 bits per heavy atom. The van der Waals surface area contributed by atoms with E-state index < -0.39 is 0 Å². The fraction of sp³-hybridized carbons (Fsp3) is 0.421. The molecular formula is C19H25N3O2. The minimum absolute atomic E-state index is 0.110. The Balaban J connectivity index is 1.90. The summed E-state index contributed by atoms with van der Waals surface area (Å²) in [7, 11) is 1.66. The van der Waals surface area contributed by atoms with Crippen molar-refractivity contribution in [2.75, 3.05) is 26.7 Å². The number of likely N-dealkylation sites (tertiary alicyclic amines) is 1. The van der Waals surface area contributed by atoms with Gasteiger partial charge in [0.1, 0.15) is 5.75 Å².